The second kappa shape index (κ2) is 4.82. The number of anilines is 1. The molecule has 16 heavy (non-hydrogen) atoms. The van der Waals surface area contributed by atoms with Crippen molar-refractivity contribution >= 4 is 5.95 Å². The standard InChI is InChI=1S/C11H22N4O/c1-11(2,3)6-8(7-12)9-13-10(14-16-9)15(4)5/h8H,6-7,12H2,1-5H3. The van der Waals surface area contributed by atoms with Crippen molar-refractivity contribution in [3.05, 3.63) is 5.89 Å². The molecule has 1 atom stereocenters. The Morgan fingerprint density at radius 1 is 1.38 bits per heavy atom. The second-order valence-corrected chi connectivity index (χ2v) is 5.52. The summed E-state index contributed by atoms with van der Waals surface area (Å²) in [4.78, 5) is 6.15. The average Bonchev–Trinajstić information content (AvgIpc) is 2.61. The fourth-order valence-corrected chi connectivity index (χ4v) is 1.59. The zero-order chi connectivity index (χ0) is 12.3. The summed E-state index contributed by atoms with van der Waals surface area (Å²) in [6, 6.07) is 0. The van der Waals surface area contributed by atoms with Crippen LogP contribution >= 0.6 is 0 Å². The summed E-state index contributed by atoms with van der Waals surface area (Å²) >= 11 is 0. The van der Waals surface area contributed by atoms with Gasteiger partial charge in [-0.2, -0.15) is 4.98 Å². The van der Waals surface area contributed by atoms with Gasteiger partial charge in [0.15, 0.2) is 0 Å². The number of hydrogen-bond donors (Lipinski definition) is 1. The molecule has 5 heteroatoms. The van der Waals surface area contributed by atoms with Gasteiger partial charge in [0.2, 0.25) is 5.89 Å². The highest BCUT2D eigenvalue weighted by atomic mass is 16.5. The zero-order valence-corrected chi connectivity index (χ0v) is 10.8. The third-order valence-electron chi connectivity index (χ3n) is 2.32. The summed E-state index contributed by atoms with van der Waals surface area (Å²) in [5.41, 5.74) is 5.96. The molecule has 0 aliphatic heterocycles. The lowest BCUT2D eigenvalue weighted by Crippen LogP contribution is -2.20. The van der Waals surface area contributed by atoms with E-state index in [1.54, 1.807) is 0 Å². The van der Waals surface area contributed by atoms with Gasteiger partial charge in [-0.3, -0.25) is 0 Å². The summed E-state index contributed by atoms with van der Waals surface area (Å²) in [6.07, 6.45) is 0.943. The molecular formula is C11H22N4O. The molecule has 5 nitrogen and oxygen atoms in total. The van der Waals surface area contributed by atoms with E-state index in [4.69, 9.17) is 10.3 Å². The smallest absolute Gasteiger partial charge is 0.265 e. The largest absolute Gasteiger partial charge is 0.344 e. The molecule has 0 radical (unpaired) electrons. The van der Waals surface area contributed by atoms with Gasteiger partial charge in [0.05, 0.1) is 5.92 Å². The minimum absolute atomic E-state index is 0.140. The van der Waals surface area contributed by atoms with Gasteiger partial charge in [0.1, 0.15) is 0 Å². The molecule has 1 rings (SSSR count). The molecule has 0 amide bonds. The van der Waals surface area contributed by atoms with Gasteiger partial charge < -0.3 is 15.2 Å². The van der Waals surface area contributed by atoms with E-state index in [9.17, 15) is 0 Å². The van der Waals surface area contributed by atoms with Gasteiger partial charge in [-0.05, 0) is 17.0 Å². The molecular weight excluding hydrogens is 204 g/mol. The fourth-order valence-electron chi connectivity index (χ4n) is 1.59. The molecule has 0 aliphatic rings. The molecule has 0 saturated heterocycles. The molecule has 0 saturated carbocycles. The Balaban J connectivity index is 2.79. The van der Waals surface area contributed by atoms with Crippen molar-refractivity contribution in [2.75, 3.05) is 25.5 Å². The highest BCUT2D eigenvalue weighted by Crippen LogP contribution is 2.30. The van der Waals surface area contributed by atoms with Gasteiger partial charge >= 0.3 is 0 Å². The molecule has 0 aromatic carbocycles. The number of hydrogen-bond acceptors (Lipinski definition) is 5. The van der Waals surface area contributed by atoms with Crippen molar-refractivity contribution in [2.24, 2.45) is 11.1 Å². The maximum absolute atomic E-state index is 5.76. The minimum atomic E-state index is 0.140. The molecule has 0 fully saturated rings. The highest BCUT2D eigenvalue weighted by molar-refractivity contribution is 5.24. The van der Waals surface area contributed by atoms with Crippen molar-refractivity contribution in [1.82, 2.24) is 10.1 Å². The number of aromatic nitrogens is 2. The molecule has 1 heterocycles. The number of rotatable bonds is 4. The van der Waals surface area contributed by atoms with Crippen LogP contribution in [0.2, 0.25) is 0 Å². The van der Waals surface area contributed by atoms with Crippen LogP contribution < -0.4 is 10.6 Å². The van der Waals surface area contributed by atoms with E-state index in [0.717, 1.165) is 6.42 Å². The van der Waals surface area contributed by atoms with Crippen LogP contribution in [-0.2, 0) is 0 Å². The molecule has 0 bridgehead atoms. The molecule has 2 N–H and O–H groups in total. The molecule has 1 aromatic heterocycles. The maximum Gasteiger partial charge on any atom is 0.265 e. The first-order chi connectivity index (χ1) is 7.33. The summed E-state index contributed by atoms with van der Waals surface area (Å²) in [7, 11) is 3.77. The van der Waals surface area contributed by atoms with E-state index < -0.39 is 0 Å². The van der Waals surface area contributed by atoms with Gasteiger partial charge in [0.25, 0.3) is 5.95 Å². The summed E-state index contributed by atoms with van der Waals surface area (Å²) in [5, 5.41) is 3.90. The van der Waals surface area contributed by atoms with Crippen molar-refractivity contribution in [2.45, 2.75) is 33.1 Å². The third kappa shape index (κ3) is 3.48. The third-order valence-corrected chi connectivity index (χ3v) is 2.32. The predicted octanol–water partition coefficient (Wildman–Crippen LogP) is 1.61. The van der Waals surface area contributed by atoms with Crippen LogP contribution in [0.1, 0.15) is 39.0 Å². The Labute approximate surface area is 97.0 Å². The van der Waals surface area contributed by atoms with E-state index in [1.807, 2.05) is 19.0 Å². The van der Waals surface area contributed by atoms with Gasteiger partial charge in [-0.25, -0.2) is 0 Å². The Kier molecular flexibility index (Phi) is 3.91. The fraction of sp³-hybridized carbons (Fsp3) is 0.818. The Morgan fingerprint density at radius 2 is 2.00 bits per heavy atom. The molecule has 92 valence electrons. The Hall–Kier alpha value is -1.10. The monoisotopic (exact) mass is 226 g/mol. The molecule has 0 spiro atoms. The Morgan fingerprint density at radius 3 is 2.38 bits per heavy atom. The lowest BCUT2D eigenvalue weighted by Gasteiger charge is -2.22. The SMILES string of the molecule is CN(C)c1noc(C(CN)CC(C)(C)C)n1. The molecule has 1 aromatic rings. The highest BCUT2D eigenvalue weighted by Gasteiger charge is 2.24. The summed E-state index contributed by atoms with van der Waals surface area (Å²) in [6.45, 7) is 7.07. The lowest BCUT2D eigenvalue weighted by molar-refractivity contribution is 0.287. The van der Waals surface area contributed by atoms with Gasteiger partial charge in [-0.1, -0.05) is 20.8 Å². The van der Waals surface area contributed by atoms with Crippen LogP contribution in [-0.4, -0.2) is 30.8 Å². The number of nitrogens with zero attached hydrogens (tertiary/aromatic N) is 3. The summed E-state index contributed by atoms with van der Waals surface area (Å²) in [5.74, 6) is 1.38. The van der Waals surface area contributed by atoms with Crippen LogP contribution in [0.15, 0.2) is 4.52 Å². The van der Waals surface area contributed by atoms with E-state index in [-0.39, 0.29) is 11.3 Å². The van der Waals surface area contributed by atoms with Crippen LogP contribution in [0.25, 0.3) is 0 Å². The lowest BCUT2D eigenvalue weighted by atomic mass is 9.84. The Bertz CT molecular complexity index is 327. The second-order valence-electron chi connectivity index (χ2n) is 5.52. The summed E-state index contributed by atoms with van der Waals surface area (Å²) < 4.78 is 5.24. The topological polar surface area (TPSA) is 68.2 Å². The van der Waals surface area contributed by atoms with Crippen LogP contribution in [0.3, 0.4) is 0 Å². The minimum Gasteiger partial charge on any atom is -0.344 e. The molecule has 1 unspecified atom stereocenters. The van der Waals surface area contributed by atoms with Crippen LogP contribution in [0.5, 0.6) is 0 Å². The average molecular weight is 226 g/mol. The predicted molar refractivity (Wildman–Crippen MR) is 64.5 cm³/mol. The number of nitrogens with two attached hydrogens (primary N) is 1. The van der Waals surface area contributed by atoms with Crippen molar-refractivity contribution in [3.8, 4) is 0 Å². The van der Waals surface area contributed by atoms with E-state index in [0.29, 0.717) is 18.4 Å². The first-order valence-electron chi connectivity index (χ1n) is 5.54. The van der Waals surface area contributed by atoms with Crippen LogP contribution in [0.4, 0.5) is 5.95 Å². The molecule has 0 aliphatic carbocycles. The van der Waals surface area contributed by atoms with E-state index >= 15 is 0 Å². The van der Waals surface area contributed by atoms with E-state index in [2.05, 4.69) is 30.9 Å². The van der Waals surface area contributed by atoms with Gasteiger partial charge in [0, 0.05) is 20.6 Å². The zero-order valence-electron chi connectivity index (χ0n) is 10.8. The van der Waals surface area contributed by atoms with Crippen molar-refractivity contribution in [3.63, 3.8) is 0 Å². The first kappa shape index (κ1) is 13.0. The first-order valence-corrected chi connectivity index (χ1v) is 5.54. The van der Waals surface area contributed by atoms with Crippen molar-refractivity contribution < 1.29 is 4.52 Å². The van der Waals surface area contributed by atoms with E-state index in [1.165, 1.54) is 0 Å². The quantitative estimate of drug-likeness (QED) is 0.844. The van der Waals surface area contributed by atoms with Crippen molar-refractivity contribution in [1.29, 1.82) is 0 Å². The van der Waals surface area contributed by atoms with Crippen LogP contribution in [0, 0.1) is 5.41 Å². The maximum atomic E-state index is 5.76. The van der Waals surface area contributed by atoms with Gasteiger partial charge in [-0.15, -0.1) is 0 Å². The normalized spacial score (nSPS) is 13.9.